The van der Waals surface area contributed by atoms with E-state index in [9.17, 15) is 4.79 Å². The molecule has 1 aliphatic rings. The SMILES string of the molecule is Cc1ccc2c(c1)OC(C)(C)C[C@H]2NC(=O)c1ccc(C(C)(C)C)cc1. The second kappa shape index (κ2) is 6.46. The van der Waals surface area contributed by atoms with Crippen molar-refractivity contribution >= 4 is 5.91 Å². The van der Waals surface area contributed by atoms with Gasteiger partial charge in [0.05, 0.1) is 6.04 Å². The van der Waals surface area contributed by atoms with Crippen LogP contribution in [0.2, 0.25) is 0 Å². The fourth-order valence-electron chi connectivity index (χ4n) is 3.45. The van der Waals surface area contributed by atoms with Gasteiger partial charge in [-0.15, -0.1) is 0 Å². The van der Waals surface area contributed by atoms with Gasteiger partial charge in [0, 0.05) is 17.5 Å². The van der Waals surface area contributed by atoms with Crippen LogP contribution in [0.15, 0.2) is 42.5 Å². The Morgan fingerprint density at radius 1 is 1.12 bits per heavy atom. The normalized spacial score (nSPS) is 18.6. The van der Waals surface area contributed by atoms with Gasteiger partial charge in [0.1, 0.15) is 11.4 Å². The summed E-state index contributed by atoms with van der Waals surface area (Å²) in [6.07, 6.45) is 0.745. The Morgan fingerprint density at radius 2 is 1.77 bits per heavy atom. The molecular weight excluding hydrogens is 322 g/mol. The molecule has 1 aliphatic heterocycles. The molecule has 0 fully saturated rings. The van der Waals surface area contributed by atoms with E-state index in [4.69, 9.17) is 4.74 Å². The predicted octanol–water partition coefficient (Wildman–Crippen LogP) is 5.32. The summed E-state index contributed by atoms with van der Waals surface area (Å²) in [5.74, 6) is 0.828. The van der Waals surface area contributed by atoms with Crippen molar-refractivity contribution in [2.24, 2.45) is 0 Å². The summed E-state index contributed by atoms with van der Waals surface area (Å²) in [7, 11) is 0. The number of carbonyl (C=O) groups is 1. The topological polar surface area (TPSA) is 38.3 Å². The quantitative estimate of drug-likeness (QED) is 0.795. The molecule has 1 N–H and O–H groups in total. The van der Waals surface area contributed by atoms with Crippen molar-refractivity contribution in [2.45, 2.75) is 65.0 Å². The number of ether oxygens (including phenoxy) is 1. The monoisotopic (exact) mass is 351 g/mol. The summed E-state index contributed by atoms with van der Waals surface area (Å²) < 4.78 is 6.12. The third-order valence-corrected chi connectivity index (χ3v) is 4.94. The van der Waals surface area contributed by atoms with E-state index in [1.807, 2.05) is 30.3 Å². The molecule has 2 aromatic rings. The van der Waals surface area contributed by atoms with Gasteiger partial charge >= 0.3 is 0 Å². The average molecular weight is 351 g/mol. The molecule has 1 amide bonds. The number of hydrogen-bond acceptors (Lipinski definition) is 2. The molecule has 3 rings (SSSR count). The molecule has 26 heavy (non-hydrogen) atoms. The number of fused-ring (bicyclic) bond motifs is 1. The zero-order valence-electron chi connectivity index (χ0n) is 16.6. The first kappa shape index (κ1) is 18.5. The lowest BCUT2D eigenvalue weighted by Gasteiger charge is -2.38. The number of hydrogen-bond donors (Lipinski definition) is 1. The number of carbonyl (C=O) groups excluding carboxylic acids is 1. The molecule has 0 saturated heterocycles. The van der Waals surface area contributed by atoms with E-state index in [0.717, 1.165) is 23.3 Å². The lowest BCUT2D eigenvalue weighted by Crippen LogP contribution is -2.41. The van der Waals surface area contributed by atoms with E-state index >= 15 is 0 Å². The van der Waals surface area contributed by atoms with Crippen molar-refractivity contribution < 1.29 is 9.53 Å². The second-order valence-corrected chi connectivity index (χ2v) is 8.96. The van der Waals surface area contributed by atoms with Crippen LogP contribution >= 0.6 is 0 Å². The first-order valence-electron chi connectivity index (χ1n) is 9.26. The zero-order valence-corrected chi connectivity index (χ0v) is 16.6. The molecule has 3 nitrogen and oxygen atoms in total. The van der Waals surface area contributed by atoms with Gasteiger partial charge in [-0.05, 0) is 55.5 Å². The molecule has 2 aromatic carbocycles. The molecule has 0 aromatic heterocycles. The maximum Gasteiger partial charge on any atom is 0.251 e. The molecule has 0 spiro atoms. The van der Waals surface area contributed by atoms with Gasteiger partial charge < -0.3 is 10.1 Å². The van der Waals surface area contributed by atoms with Crippen molar-refractivity contribution in [1.82, 2.24) is 5.32 Å². The minimum absolute atomic E-state index is 0.0420. The van der Waals surface area contributed by atoms with Crippen LogP contribution in [0.25, 0.3) is 0 Å². The smallest absolute Gasteiger partial charge is 0.251 e. The van der Waals surface area contributed by atoms with Crippen LogP contribution in [0.1, 0.15) is 74.1 Å². The maximum absolute atomic E-state index is 12.8. The van der Waals surface area contributed by atoms with Crippen LogP contribution in [0.4, 0.5) is 0 Å². The number of nitrogens with one attached hydrogen (secondary N) is 1. The van der Waals surface area contributed by atoms with E-state index in [-0.39, 0.29) is 23.0 Å². The third kappa shape index (κ3) is 3.92. The molecule has 138 valence electrons. The molecule has 0 aliphatic carbocycles. The molecule has 0 radical (unpaired) electrons. The van der Waals surface area contributed by atoms with Crippen LogP contribution in [0, 0.1) is 6.92 Å². The molecule has 1 heterocycles. The Balaban J connectivity index is 1.83. The zero-order chi connectivity index (χ0) is 19.1. The van der Waals surface area contributed by atoms with Gasteiger partial charge in [0.15, 0.2) is 0 Å². The van der Waals surface area contributed by atoms with E-state index < -0.39 is 0 Å². The summed E-state index contributed by atoms with van der Waals surface area (Å²) in [5.41, 5.74) is 3.89. The van der Waals surface area contributed by atoms with Crippen molar-refractivity contribution in [3.63, 3.8) is 0 Å². The third-order valence-electron chi connectivity index (χ3n) is 4.94. The Hall–Kier alpha value is -2.29. The van der Waals surface area contributed by atoms with Crippen LogP contribution < -0.4 is 10.1 Å². The molecule has 0 bridgehead atoms. The van der Waals surface area contributed by atoms with Crippen LogP contribution in [0.3, 0.4) is 0 Å². The Kier molecular flexibility index (Phi) is 4.60. The second-order valence-electron chi connectivity index (χ2n) is 8.96. The van der Waals surface area contributed by atoms with Crippen molar-refractivity contribution in [3.8, 4) is 5.75 Å². The highest BCUT2D eigenvalue weighted by atomic mass is 16.5. The summed E-state index contributed by atoms with van der Waals surface area (Å²) in [6.45, 7) is 12.7. The summed E-state index contributed by atoms with van der Waals surface area (Å²) in [4.78, 5) is 12.8. The number of benzene rings is 2. The minimum atomic E-state index is -0.311. The van der Waals surface area contributed by atoms with Gasteiger partial charge in [0.25, 0.3) is 5.91 Å². The Morgan fingerprint density at radius 3 is 2.38 bits per heavy atom. The molecule has 0 saturated carbocycles. The first-order valence-corrected chi connectivity index (χ1v) is 9.26. The number of rotatable bonds is 2. The maximum atomic E-state index is 12.8. The van der Waals surface area contributed by atoms with Crippen LogP contribution in [-0.4, -0.2) is 11.5 Å². The lowest BCUT2D eigenvalue weighted by molar-refractivity contribution is 0.0619. The lowest BCUT2D eigenvalue weighted by atomic mass is 9.86. The van der Waals surface area contributed by atoms with Crippen molar-refractivity contribution in [1.29, 1.82) is 0 Å². The van der Waals surface area contributed by atoms with E-state index in [1.54, 1.807) is 0 Å². The first-order chi connectivity index (χ1) is 12.0. The van der Waals surface area contributed by atoms with Crippen LogP contribution in [-0.2, 0) is 5.41 Å². The van der Waals surface area contributed by atoms with Crippen LogP contribution in [0.5, 0.6) is 5.75 Å². The minimum Gasteiger partial charge on any atom is -0.487 e. The fraction of sp³-hybridized carbons (Fsp3) is 0.435. The largest absolute Gasteiger partial charge is 0.487 e. The van der Waals surface area contributed by atoms with Gasteiger partial charge in [-0.2, -0.15) is 0 Å². The Bertz CT molecular complexity index is 813. The van der Waals surface area contributed by atoms with E-state index in [2.05, 4.69) is 59.0 Å². The van der Waals surface area contributed by atoms with Gasteiger partial charge in [-0.1, -0.05) is 45.0 Å². The van der Waals surface area contributed by atoms with E-state index in [1.165, 1.54) is 5.56 Å². The molecule has 3 heteroatoms. The standard InChI is InChI=1S/C23H29NO2/c1-15-7-12-18-19(14-23(5,6)26-20(18)13-15)24-21(25)16-8-10-17(11-9-16)22(2,3)4/h7-13,19H,14H2,1-6H3,(H,24,25)/t19-/m1/s1. The van der Waals surface area contributed by atoms with Crippen molar-refractivity contribution in [3.05, 3.63) is 64.7 Å². The highest BCUT2D eigenvalue weighted by Crippen LogP contribution is 2.40. The van der Waals surface area contributed by atoms with Gasteiger partial charge in [-0.3, -0.25) is 4.79 Å². The van der Waals surface area contributed by atoms with Crippen molar-refractivity contribution in [2.75, 3.05) is 0 Å². The van der Waals surface area contributed by atoms with E-state index in [0.29, 0.717) is 5.56 Å². The highest BCUT2D eigenvalue weighted by molar-refractivity contribution is 5.94. The average Bonchev–Trinajstić information content (AvgIpc) is 2.52. The molecule has 1 atom stereocenters. The predicted molar refractivity (Wildman–Crippen MR) is 106 cm³/mol. The van der Waals surface area contributed by atoms with Gasteiger partial charge in [0.2, 0.25) is 0 Å². The highest BCUT2D eigenvalue weighted by Gasteiger charge is 2.34. The van der Waals surface area contributed by atoms with Gasteiger partial charge in [-0.25, -0.2) is 0 Å². The molecular formula is C23H29NO2. The summed E-state index contributed by atoms with van der Waals surface area (Å²) in [6, 6.07) is 14.0. The number of amides is 1. The summed E-state index contributed by atoms with van der Waals surface area (Å²) >= 11 is 0. The summed E-state index contributed by atoms with van der Waals surface area (Å²) in [5, 5.41) is 3.21. The number of aryl methyl sites for hydroxylation is 1. The Labute approximate surface area is 156 Å². The molecule has 0 unspecified atom stereocenters. The fourth-order valence-corrected chi connectivity index (χ4v) is 3.45.